The number of phenolic OH excluding ortho intramolecular Hbond substituents is 1. The van der Waals surface area contributed by atoms with E-state index in [1.54, 1.807) is 12.7 Å². The third-order valence-electron chi connectivity index (χ3n) is 2.09. The first-order chi connectivity index (χ1) is 7.61. The second-order valence-corrected chi connectivity index (χ2v) is 3.45. The fourth-order valence-corrected chi connectivity index (χ4v) is 1.46. The Morgan fingerprint density at radius 2 is 2.06 bits per heavy atom. The molecule has 2 N–H and O–H groups in total. The third-order valence-corrected chi connectivity index (χ3v) is 2.09. The zero-order valence-electron chi connectivity index (χ0n) is 9.41. The van der Waals surface area contributed by atoms with Crippen LogP contribution in [0, 0.1) is 6.61 Å². The molecule has 4 nitrogen and oxygen atoms in total. The number of carboxylic acids is 1. The Labute approximate surface area is 114 Å². The molecule has 1 atom stereocenters. The molecule has 98 valence electrons. The van der Waals surface area contributed by atoms with Gasteiger partial charge in [0.25, 0.3) is 5.97 Å². The topological polar surface area (TPSA) is 66.8 Å². The minimum absolute atomic E-state index is 0. The molecule has 1 saturated heterocycles. The molecule has 2 rings (SSSR count). The summed E-state index contributed by atoms with van der Waals surface area (Å²) in [7, 11) is 0. The Morgan fingerprint density at radius 3 is 2.53 bits per heavy atom. The van der Waals surface area contributed by atoms with E-state index in [1.807, 2.05) is 18.2 Å². The number of rotatable bonds is 1. The standard InChI is InChI=1S/C10H11O2.C2H4O2.Pd/c11-9-5-2-1-4-8(9)10-6-3-7-12-10;1-2(3)4;/h1-2,4-5,7,10-11H,3,6H2;1H3,(H,3,4);/q-1;;/t10-;;/m1../s1. The van der Waals surface area contributed by atoms with Crippen molar-refractivity contribution in [2.45, 2.75) is 25.9 Å². The van der Waals surface area contributed by atoms with Gasteiger partial charge in [0.2, 0.25) is 0 Å². The van der Waals surface area contributed by atoms with E-state index in [-0.39, 0.29) is 26.5 Å². The summed E-state index contributed by atoms with van der Waals surface area (Å²) >= 11 is 0. The summed E-state index contributed by atoms with van der Waals surface area (Å²) in [6.45, 7) is 2.89. The minimum atomic E-state index is -0.833. The van der Waals surface area contributed by atoms with Crippen LogP contribution in [0.1, 0.15) is 31.4 Å². The average molecular weight is 330 g/mol. The van der Waals surface area contributed by atoms with Crippen LogP contribution in [0.4, 0.5) is 0 Å². The summed E-state index contributed by atoms with van der Waals surface area (Å²) in [5, 5.41) is 16.9. The molecule has 1 fully saturated rings. The third kappa shape index (κ3) is 5.83. The Kier molecular flexibility index (Phi) is 7.81. The number of aromatic hydroxyl groups is 1. The first-order valence-corrected chi connectivity index (χ1v) is 5.06. The number of carbonyl (C=O) groups is 1. The van der Waals surface area contributed by atoms with Gasteiger partial charge in [-0.25, -0.2) is 6.61 Å². The van der Waals surface area contributed by atoms with Crippen molar-refractivity contribution in [3.8, 4) is 5.75 Å². The number of ether oxygens (including phenoxy) is 1. The van der Waals surface area contributed by atoms with Crippen molar-refractivity contribution in [3.63, 3.8) is 0 Å². The molecule has 0 spiro atoms. The maximum atomic E-state index is 9.48. The van der Waals surface area contributed by atoms with Crippen molar-refractivity contribution in [1.82, 2.24) is 0 Å². The van der Waals surface area contributed by atoms with Gasteiger partial charge in [-0.3, -0.25) is 4.79 Å². The van der Waals surface area contributed by atoms with E-state index in [9.17, 15) is 5.11 Å². The molecular formula is C12H15O4Pd-. The van der Waals surface area contributed by atoms with Crippen LogP contribution < -0.4 is 0 Å². The molecule has 1 aromatic rings. The zero-order valence-corrected chi connectivity index (χ0v) is 11.0. The van der Waals surface area contributed by atoms with E-state index in [4.69, 9.17) is 14.6 Å². The van der Waals surface area contributed by atoms with Gasteiger partial charge in [0.1, 0.15) is 5.75 Å². The molecule has 5 heteroatoms. The zero-order chi connectivity index (χ0) is 12.0. The van der Waals surface area contributed by atoms with Crippen LogP contribution in [-0.4, -0.2) is 16.2 Å². The summed E-state index contributed by atoms with van der Waals surface area (Å²) in [4.78, 5) is 9.00. The van der Waals surface area contributed by atoms with Crippen LogP contribution in [0.15, 0.2) is 24.3 Å². The predicted molar refractivity (Wildman–Crippen MR) is 58.8 cm³/mol. The van der Waals surface area contributed by atoms with Gasteiger partial charge in [-0.15, -0.1) is 0 Å². The maximum absolute atomic E-state index is 9.48. The Morgan fingerprint density at radius 1 is 1.47 bits per heavy atom. The Bertz CT molecular complexity index is 344. The van der Waals surface area contributed by atoms with Crippen LogP contribution in [0.2, 0.25) is 0 Å². The smallest absolute Gasteiger partial charge is 0.300 e. The number of hydrogen-bond donors (Lipinski definition) is 2. The van der Waals surface area contributed by atoms with Crippen LogP contribution in [0.5, 0.6) is 5.75 Å². The summed E-state index contributed by atoms with van der Waals surface area (Å²) in [5.74, 6) is -0.502. The van der Waals surface area contributed by atoms with E-state index in [1.165, 1.54) is 0 Å². The fraction of sp³-hybridized carbons (Fsp3) is 0.333. The molecule has 1 heterocycles. The van der Waals surface area contributed by atoms with E-state index < -0.39 is 5.97 Å². The molecule has 17 heavy (non-hydrogen) atoms. The first kappa shape index (κ1) is 16.1. The van der Waals surface area contributed by atoms with Gasteiger partial charge in [-0.1, -0.05) is 24.6 Å². The van der Waals surface area contributed by atoms with Crippen LogP contribution in [-0.2, 0) is 30.0 Å². The average Bonchev–Trinajstić information content (AvgIpc) is 2.70. The van der Waals surface area contributed by atoms with Crippen LogP contribution in [0.25, 0.3) is 0 Å². The molecule has 0 amide bonds. The monoisotopic (exact) mass is 329 g/mol. The van der Waals surface area contributed by atoms with Crippen LogP contribution in [0.3, 0.4) is 0 Å². The summed E-state index contributed by atoms with van der Waals surface area (Å²) in [5.41, 5.74) is 0.895. The normalized spacial score (nSPS) is 17.6. The van der Waals surface area contributed by atoms with Crippen molar-refractivity contribution < 1.29 is 40.2 Å². The molecule has 1 aliphatic rings. The minimum Gasteiger partial charge on any atom is -0.546 e. The molecular weight excluding hydrogens is 315 g/mol. The van der Waals surface area contributed by atoms with E-state index >= 15 is 0 Å². The maximum Gasteiger partial charge on any atom is 0.300 e. The number of para-hydroxylation sites is 1. The molecule has 1 aliphatic heterocycles. The number of phenols is 1. The van der Waals surface area contributed by atoms with Gasteiger partial charge in [0.05, 0.1) is 6.10 Å². The van der Waals surface area contributed by atoms with Gasteiger partial charge in [0.15, 0.2) is 0 Å². The number of benzene rings is 1. The molecule has 0 saturated carbocycles. The summed E-state index contributed by atoms with van der Waals surface area (Å²) in [6, 6.07) is 7.32. The second-order valence-electron chi connectivity index (χ2n) is 3.45. The SMILES string of the molecule is CC(=O)O.Oc1ccccc1[C@H]1CC[CH-]O1.[Pd]. The summed E-state index contributed by atoms with van der Waals surface area (Å²) in [6.07, 6.45) is 2.00. The first-order valence-electron chi connectivity index (χ1n) is 5.06. The second kappa shape index (κ2) is 8.24. The number of hydrogen-bond acceptors (Lipinski definition) is 3. The molecule has 1 aromatic carbocycles. The quantitative estimate of drug-likeness (QED) is 0.613. The molecule has 0 aliphatic carbocycles. The molecule has 0 radical (unpaired) electrons. The Balaban J connectivity index is 0.000000453. The van der Waals surface area contributed by atoms with Crippen molar-refractivity contribution in [1.29, 1.82) is 0 Å². The molecule has 0 bridgehead atoms. The van der Waals surface area contributed by atoms with Gasteiger partial charge < -0.3 is 14.9 Å². The van der Waals surface area contributed by atoms with Gasteiger partial charge in [-0.2, -0.15) is 6.42 Å². The van der Waals surface area contributed by atoms with Crippen molar-refractivity contribution in [3.05, 3.63) is 36.4 Å². The summed E-state index contributed by atoms with van der Waals surface area (Å²) < 4.78 is 5.33. The predicted octanol–water partition coefficient (Wildman–Crippen LogP) is 2.49. The molecule has 0 aromatic heterocycles. The number of carboxylic acid groups (broad SMARTS) is 1. The van der Waals surface area contributed by atoms with Gasteiger partial charge in [-0.05, 0) is 6.07 Å². The van der Waals surface area contributed by atoms with Crippen LogP contribution >= 0.6 is 0 Å². The Hall–Kier alpha value is -0.888. The van der Waals surface area contributed by atoms with E-state index in [0.717, 1.165) is 25.3 Å². The molecule has 0 unspecified atom stereocenters. The van der Waals surface area contributed by atoms with E-state index in [2.05, 4.69) is 0 Å². The van der Waals surface area contributed by atoms with Gasteiger partial charge >= 0.3 is 0 Å². The van der Waals surface area contributed by atoms with Gasteiger partial charge in [0, 0.05) is 32.9 Å². The van der Waals surface area contributed by atoms with E-state index in [0.29, 0.717) is 5.75 Å². The van der Waals surface area contributed by atoms with Crippen molar-refractivity contribution in [2.24, 2.45) is 0 Å². The van der Waals surface area contributed by atoms with Crippen molar-refractivity contribution in [2.75, 3.05) is 0 Å². The van der Waals surface area contributed by atoms with Crippen molar-refractivity contribution >= 4 is 5.97 Å². The largest absolute Gasteiger partial charge is 0.546 e. The number of aliphatic carboxylic acids is 1. The fourth-order valence-electron chi connectivity index (χ4n) is 1.46.